The van der Waals surface area contributed by atoms with Crippen LogP contribution in [0.5, 0.6) is 5.75 Å². The van der Waals surface area contributed by atoms with Gasteiger partial charge in [0.25, 0.3) is 5.91 Å². The predicted octanol–water partition coefficient (Wildman–Crippen LogP) is 2.51. The van der Waals surface area contributed by atoms with E-state index in [9.17, 15) is 9.59 Å². The van der Waals surface area contributed by atoms with Gasteiger partial charge in [0.15, 0.2) is 0 Å². The monoisotopic (exact) mass is 354 g/mol. The quantitative estimate of drug-likeness (QED) is 0.490. The molecule has 6 heteroatoms. The van der Waals surface area contributed by atoms with Crippen LogP contribution < -0.4 is 10.5 Å². The average molecular weight is 354 g/mol. The van der Waals surface area contributed by atoms with Gasteiger partial charge in [-0.3, -0.25) is 9.78 Å². The molecule has 0 aliphatic heterocycles. The maximum Gasteiger partial charge on any atom is 0.273 e. The Labute approximate surface area is 150 Å². The van der Waals surface area contributed by atoms with Crippen LogP contribution in [0.2, 0.25) is 0 Å². The van der Waals surface area contributed by atoms with Gasteiger partial charge in [0.1, 0.15) is 12.0 Å². The Bertz CT molecular complexity index is 886. The summed E-state index contributed by atoms with van der Waals surface area (Å²) in [7, 11) is 0. The Morgan fingerprint density at radius 3 is 2.76 bits per heavy atom. The minimum absolute atomic E-state index is 0.449. The summed E-state index contributed by atoms with van der Waals surface area (Å²) in [6.07, 6.45) is 11.6. The van der Waals surface area contributed by atoms with Crippen molar-refractivity contribution in [3.8, 4) is 18.1 Å². The van der Waals surface area contributed by atoms with E-state index >= 15 is 0 Å². The number of hydrogen-bond acceptors (Lipinski definition) is 5. The Morgan fingerprint density at radius 2 is 2.24 bits per heavy atom. The number of nitrogens with zero attached hydrogens (tertiary/aromatic N) is 1. The van der Waals surface area contributed by atoms with Crippen LogP contribution in [0.3, 0.4) is 0 Å². The number of primary amides is 1. The maximum atomic E-state index is 12.3. The molecule has 1 aromatic heterocycles. The molecule has 1 aliphatic carbocycles. The molecule has 1 heterocycles. The smallest absolute Gasteiger partial charge is 0.273 e. The van der Waals surface area contributed by atoms with Crippen molar-refractivity contribution < 1.29 is 14.3 Å². The Balaban J connectivity index is 2.05. The third kappa shape index (κ3) is 2.65. The lowest BCUT2D eigenvalue weighted by Crippen LogP contribution is -2.62. The van der Waals surface area contributed by atoms with E-state index in [0.717, 1.165) is 35.4 Å². The predicted molar refractivity (Wildman–Crippen MR) is 98.1 cm³/mol. The van der Waals surface area contributed by atoms with Gasteiger partial charge in [-0.1, -0.05) is 12.3 Å². The number of pyridine rings is 1. The van der Waals surface area contributed by atoms with E-state index in [2.05, 4.69) is 10.9 Å². The molecule has 1 amide bonds. The van der Waals surface area contributed by atoms with Crippen LogP contribution >= 0.6 is 11.8 Å². The van der Waals surface area contributed by atoms with Gasteiger partial charge in [0.2, 0.25) is 4.93 Å². The number of aromatic nitrogens is 1. The molecule has 1 aromatic carbocycles. The summed E-state index contributed by atoms with van der Waals surface area (Å²) in [5.74, 6) is 2.34. The van der Waals surface area contributed by atoms with Crippen molar-refractivity contribution in [3.63, 3.8) is 0 Å². The molecule has 2 N–H and O–H groups in total. The highest BCUT2D eigenvalue weighted by Gasteiger charge is 2.61. The number of fused-ring (bicyclic) bond motifs is 1. The molecule has 0 radical (unpaired) electrons. The zero-order valence-electron chi connectivity index (χ0n) is 13.8. The molecule has 2 aromatic rings. The second-order valence-electron chi connectivity index (χ2n) is 6.14. The zero-order valence-corrected chi connectivity index (χ0v) is 14.6. The molecule has 1 atom stereocenters. The van der Waals surface area contributed by atoms with Crippen LogP contribution in [-0.4, -0.2) is 28.4 Å². The lowest BCUT2D eigenvalue weighted by Gasteiger charge is -2.49. The van der Waals surface area contributed by atoms with Gasteiger partial charge in [0.05, 0.1) is 10.9 Å². The fraction of sp³-hybridized carbons (Fsp3) is 0.316. The molecule has 0 spiro atoms. The van der Waals surface area contributed by atoms with Gasteiger partial charge >= 0.3 is 0 Å². The fourth-order valence-electron chi connectivity index (χ4n) is 3.24. The third-order valence-electron chi connectivity index (χ3n) is 4.82. The number of thioether (sulfide) groups is 1. The molecule has 3 rings (SSSR count). The summed E-state index contributed by atoms with van der Waals surface area (Å²) in [4.78, 5) is 26.9. The number of carbonyl (C=O) groups is 2. The van der Waals surface area contributed by atoms with Crippen molar-refractivity contribution in [1.29, 1.82) is 0 Å². The summed E-state index contributed by atoms with van der Waals surface area (Å²) in [6.45, 7) is 0. The van der Waals surface area contributed by atoms with Crippen LogP contribution in [-0.2, 0) is 9.59 Å². The fourth-order valence-corrected chi connectivity index (χ4v) is 4.28. The number of hydrogen-bond donors (Lipinski definition) is 1. The van der Waals surface area contributed by atoms with Crippen molar-refractivity contribution in [2.24, 2.45) is 11.1 Å². The van der Waals surface area contributed by atoms with Gasteiger partial charge in [-0.05, 0) is 43.4 Å². The first-order chi connectivity index (χ1) is 12.0. The Kier molecular flexibility index (Phi) is 4.44. The third-order valence-corrected chi connectivity index (χ3v) is 6.09. The van der Waals surface area contributed by atoms with Gasteiger partial charge in [0, 0.05) is 17.1 Å². The highest BCUT2D eigenvalue weighted by molar-refractivity contribution is 8.00. The van der Waals surface area contributed by atoms with Gasteiger partial charge in [-0.15, -0.1) is 18.2 Å². The number of terminal acetylenes is 1. The first kappa shape index (κ1) is 17.3. The molecule has 0 bridgehead atoms. The van der Waals surface area contributed by atoms with E-state index < -0.39 is 16.3 Å². The molecule has 1 aliphatic rings. The molecule has 0 saturated heterocycles. The minimum atomic E-state index is -1.43. The van der Waals surface area contributed by atoms with Crippen molar-refractivity contribution in [3.05, 3.63) is 36.0 Å². The molecule has 5 nitrogen and oxygen atoms in total. The highest BCUT2D eigenvalue weighted by atomic mass is 32.2. The van der Waals surface area contributed by atoms with E-state index in [0.29, 0.717) is 24.2 Å². The number of ether oxygens (including phenoxy) is 1. The van der Waals surface area contributed by atoms with Crippen LogP contribution in [0.4, 0.5) is 0 Å². The average Bonchev–Trinajstić information content (AvgIpc) is 2.59. The molecule has 1 fully saturated rings. The summed E-state index contributed by atoms with van der Waals surface area (Å²) in [5, 5.41) is 0.793. The van der Waals surface area contributed by atoms with Crippen molar-refractivity contribution >= 4 is 34.9 Å². The molecule has 1 unspecified atom stereocenters. The highest BCUT2D eigenvalue weighted by Crippen LogP contribution is 2.54. The number of aldehydes is 1. The SMILES string of the molecule is C#Cc1cnc2ccc(OC(SC)(C(N)=O)C3(C=O)CCC3)cc2c1. The van der Waals surface area contributed by atoms with Crippen LogP contribution in [0.25, 0.3) is 10.9 Å². The normalized spacial score (nSPS) is 17.8. The number of carbonyl (C=O) groups excluding carboxylic acids is 2. The maximum absolute atomic E-state index is 12.3. The van der Waals surface area contributed by atoms with Crippen molar-refractivity contribution in [2.75, 3.05) is 6.26 Å². The van der Waals surface area contributed by atoms with Crippen LogP contribution in [0.15, 0.2) is 30.5 Å². The van der Waals surface area contributed by atoms with Crippen molar-refractivity contribution in [1.82, 2.24) is 4.98 Å². The topological polar surface area (TPSA) is 82.3 Å². The van der Waals surface area contributed by atoms with E-state index in [1.165, 1.54) is 0 Å². The van der Waals surface area contributed by atoms with E-state index in [4.69, 9.17) is 16.9 Å². The largest absolute Gasteiger partial charge is 0.466 e. The van der Waals surface area contributed by atoms with E-state index in [1.54, 1.807) is 30.7 Å². The lowest BCUT2D eigenvalue weighted by molar-refractivity contribution is -0.147. The Hall–Kier alpha value is -2.52. The molecular formula is C19H18N2O3S. The number of rotatable bonds is 6. The van der Waals surface area contributed by atoms with Gasteiger partial charge in [-0.2, -0.15) is 0 Å². The summed E-state index contributed by atoms with van der Waals surface area (Å²) in [5.41, 5.74) is 6.19. The van der Waals surface area contributed by atoms with Crippen LogP contribution in [0.1, 0.15) is 24.8 Å². The molecule has 128 valence electrons. The van der Waals surface area contributed by atoms with E-state index in [1.807, 2.05) is 6.07 Å². The first-order valence-corrected chi connectivity index (χ1v) is 9.09. The summed E-state index contributed by atoms with van der Waals surface area (Å²) < 4.78 is 6.07. The minimum Gasteiger partial charge on any atom is -0.466 e. The van der Waals surface area contributed by atoms with Crippen LogP contribution in [0, 0.1) is 17.8 Å². The second kappa shape index (κ2) is 6.41. The molecular weight excluding hydrogens is 336 g/mol. The number of benzene rings is 1. The first-order valence-electron chi connectivity index (χ1n) is 7.87. The van der Waals surface area contributed by atoms with E-state index in [-0.39, 0.29) is 0 Å². The summed E-state index contributed by atoms with van der Waals surface area (Å²) >= 11 is 1.16. The van der Waals surface area contributed by atoms with Gasteiger partial charge < -0.3 is 15.3 Å². The number of nitrogens with two attached hydrogens (primary N) is 1. The molecule has 25 heavy (non-hydrogen) atoms. The lowest BCUT2D eigenvalue weighted by atomic mass is 9.65. The number of amides is 1. The van der Waals surface area contributed by atoms with Gasteiger partial charge in [-0.25, -0.2) is 0 Å². The van der Waals surface area contributed by atoms with Crippen molar-refractivity contribution in [2.45, 2.75) is 24.2 Å². The zero-order chi connectivity index (χ0) is 18.1. The second-order valence-corrected chi connectivity index (χ2v) is 7.12. The Morgan fingerprint density at radius 1 is 1.48 bits per heavy atom. The standard InChI is InChI=1S/C19H18N2O3S/c1-3-13-9-14-10-15(5-6-16(14)21-11-13)24-19(25-2,17(20)23)18(12-22)7-4-8-18/h1,5-6,9-12H,4,7-8H2,2H3,(H2,20,23). The summed E-state index contributed by atoms with van der Waals surface area (Å²) in [6, 6.07) is 7.08. The molecule has 1 saturated carbocycles.